The van der Waals surface area contributed by atoms with Gasteiger partial charge in [0.15, 0.2) is 0 Å². The molecule has 5 heteroatoms. The first-order valence-corrected chi connectivity index (χ1v) is 10.3. The number of benzene rings is 1. The van der Waals surface area contributed by atoms with Gasteiger partial charge in [-0.2, -0.15) is 0 Å². The van der Waals surface area contributed by atoms with Crippen LogP contribution in [0.25, 0.3) is 0 Å². The summed E-state index contributed by atoms with van der Waals surface area (Å²) in [4.78, 5) is 0. The van der Waals surface area contributed by atoms with Gasteiger partial charge in [-0.15, -0.1) is 0 Å². The normalized spacial score (nSPS) is 26.2. The van der Waals surface area contributed by atoms with E-state index in [9.17, 15) is 0 Å². The van der Waals surface area contributed by atoms with Crippen LogP contribution in [0.1, 0.15) is 29.9 Å². The highest BCUT2D eigenvalue weighted by Crippen LogP contribution is 2.45. The monoisotopic (exact) mass is 468 g/mol. The third kappa shape index (κ3) is 3.14. The second-order valence-electron chi connectivity index (χ2n) is 6.56. The highest BCUT2D eigenvalue weighted by Gasteiger charge is 2.35. The number of allylic oxidation sites excluding steroid dienone is 2. The fraction of sp³-hybridized carbons (Fsp3) is 0.368. The van der Waals surface area contributed by atoms with E-state index in [0.717, 1.165) is 46.3 Å². The van der Waals surface area contributed by atoms with Gasteiger partial charge in [0.2, 0.25) is 0 Å². The molecule has 24 heavy (non-hydrogen) atoms. The molecule has 1 unspecified atom stereocenters. The predicted octanol–water partition coefficient (Wildman–Crippen LogP) is 5.19. The second-order valence-corrected chi connectivity index (χ2v) is 8.77. The molecule has 0 aromatic heterocycles. The summed E-state index contributed by atoms with van der Waals surface area (Å²) in [6, 6.07) is 4.50. The first kappa shape index (κ1) is 16.9. The lowest BCUT2D eigenvalue weighted by Crippen LogP contribution is -2.37. The summed E-state index contributed by atoms with van der Waals surface area (Å²) >= 11 is 13.8. The van der Waals surface area contributed by atoms with E-state index in [0.29, 0.717) is 12.0 Å². The Morgan fingerprint density at radius 2 is 1.96 bits per heavy atom. The van der Waals surface area contributed by atoms with Crippen LogP contribution in [0, 0.1) is 0 Å². The fourth-order valence-corrected chi connectivity index (χ4v) is 5.63. The quantitative estimate of drug-likeness (QED) is 0.552. The molecule has 2 aliphatic heterocycles. The van der Waals surface area contributed by atoms with Gasteiger partial charge in [-0.05, 0) is 76.6 Å². The zero-order valence-corrected chi connectivity index (χ0v) is 17.1. The molecule has 0 amide bonds. The lowest BCUT2D eigenvalue weighted by Gasteiger charge is -2.34. The molecule has 2 N–H and O–H groups in total. The molecule has 1 aromatic rings. The lowest BCUT2D eigenvalue weighted by molar-refractivity contribution is 0.539. The van der Waals surface area contributed by atoms with Crippen LogP contribution in [-0.4, -0.2) is 19.1 Å². The van der Waals surface area contributed by atoms with Gasteiger partial charge < -0.3 is 10.6 Å². The van der Waals surface area contributed by atoms with Crippen LogP contribution in [0.3, 0.4) is 0 Å². The minimum Gasteiger partial charge on any atom is -0.383 e. The van der Waals surface area contributed by atoms with Crippen LogP contribution in [0.4, 0.5) is 0 Å². The van der Waals surface area contributed by atoms with Crippen LogP contribution in [0.15, 0.2) is 50.6 Å². The zero-order chi connectivity index (χ0) is 16.7. The molecule has 0 fully saturated rings. The lowest BCUT2D eigenvalue weighted by atomic mass is 9.79. The first-order chi connectivity index (χ1) is 11.6. The predicted molar refractivity (Wildman–Crippen MR) is 108 cm³/mol. The van der Waals surface area contributed by atoms with Crippen molar-refractivity contribution in [2.75, 3.05) is 13.1 Å². The topological polar surface area (TPSA) is 24.1 Å². The maximum absolute atomic E-state index is 6.34. The van der Waals surface area contributed by atoms with Crippen molar-refractivity contribution in [3.63, 3.8) is 0 Å². The van der Waals surface area contributed by atoms with Crippen molar-refractivity contribution in [1.82, 2.24) is 10.6 Å². The van der Waals surface area contributed by atoms with Crippen molar-refractivity contribution < 1.29 is 0 Å². The van der Waals surface area contributed by atoms with Gasteiger partial charge in [0, 0.05) is 32.6 Å². The molecule has 126 valence electrons. The van der Waals surface area contributed by atoms with Crippen LogP contribution in [-0.2, 0) is 6.42 Å². The van der Waals surface area contributed by atoms with E-state index in [1.807, 2.05) is 6.07 Å². The maximum atomic E-state index is 6.34. The van der Waals surface area contributed by atoms with E-state index >= 15 is 0 Å². The number of nitrogens with one attached hydrogen (secondary N) is 2. The van der Waals surface area contributed by atoms with E-state index in [1.54, 1.807) is 0 Å². The Balaban J connectivity index is 1.88. The SMILES string of the molecule is Clc1cc(Br)c2c(c1)CCC1=CC(Br)=CNC1[C@@H]2C1=CCNCC1. The van der Waals surface area contributed by atoms with Crippen molar-refractivity contribution >= 4 is 43.5 Å². The largest absolute Gasteiger partial charge is 0.383 e. The van der Waals surface area contributed by atoms with Crippen LogP contribution < -0.4 is 10.6 Å². The average Bonchev–Trinajstić information content (AvgIpc) is 2.72. The molecule has 4 rings (SSSR count). The standard InChI is InChI=1S/C19H19Br2ClN2/c20-14-7-13-2-1-12-8-15(22)9-16(21)17(12)18(19(13)24-10-14)11-3-5-23-6-4-11/h3,7-10,18-19,23-24H,1-2,4-6H2/t18-,19?/m1/s1. The van der Waals surface area contributed by atoms with E-state index in [2.05, 4.69) is 66.9 Å². The summed E-state index contributed by atoms with van der Waals surface area (Å²) < 4.78 is 2.25. The molecule has 2 nitrogen and oxygen atoms in total. The number of aryl methyl sites for hydroxylation is 1. The van der Waals surface area contributed by atoms with Crippen molar-refractivity contribution in [3.05, 3.63) is 66.7 Å². The van der Waals surface area contributed by atoms with Gasteiger partial charge in [-0.1, -0.05) is 39.2 Å². The molecular weight excluding hydrogens is 451 g/mol. The van der Waals surface area contributed by atoms with Gasteiger partial charge in [0.1, 0.15) is 0 Å². The summed E-state index contributed by atoms with van der Waals surface area (Å²) in [6.07, 6.45) is 9.92. The minimum atomic E-state index is 0.314. The van der Waals surface area contributed by atoms with Crippen LogP contribution >= 0.6 is 43.5 Å². The van der Waals surface area contributed by atoms with Crippen LogP contribution in [0.5, 0.6) is 0 Å². The Morgan fingerprint density at radius 1 is 1.08 bits per heavy atom. The van der Waals surface area contributed by atoms with Crippen LogP contribution in [0.2, 0.25) is 5.02 Å². The second kappa shape index (κ2) is 6.99. The van der Waals surface area contributed by atoms with Gasteiger partial charge >= 0.3 is 0 Å². The highest BCUT2D eigenvalue weighted by atomic mass is 79.9. The van der Waals surface area contributed by atoms with Gasteiger partial charge in [-0.25, -0.2) is 0 Å². The van der Waals surface area contributed by atoms with E-state index in [-0.39, 0.29) is 0 Å². The van der Waals surface area contributed by atoms with Crippen molar-refractivity contribution in [2.24, 2.45) is 0 Å². The number of halogens is 3. The summed E-state index contributed by atoms with van der Waals surface area (Å²) in [5.41, 5.74) is 5.76. The fourth-order valence-electron chi connectivity index (χ4n) is 4.08. The summed E-state index contributed by atoms with van der Waals surface area (Å²) in [7, 11) is 0. The Kier molecular flexibility index (Phi) is 4.92. The maximum Gasteiger partial charge on any atom is 0.0578 e. The summed E-state index contributed by atoms with van der Waals surface area (Å²) in [5, 5.41) is 7.89. The Hall–Kier alpha value is -0.550. The molecular formula is C19H19Br2ClN2. The number of hydrogen-bond donors (Lipinski definition) is 2. The molecule has 0 bridgehead atoms. The number of dihydropyridines is 1. The molecule has 2 heterocycles. The van der Waals surface area contributed by atoms with Gasteiger partial charge in [0.05, 0.1) is 6.04 Å². The van der Waals surface area contributed by atoms with Gasteiger partial charge in [-0.3, -0.25) is 0 Å². The first-order valence-electron chi connectivity index (χ1n) is 8.33. The third-order valence-corrected chi connectivity index (χ3v) is 6.46. The zero-order valence-electron chi connectivity index (χ0n) is 13.2. The summed E-state index contributed by atoms with van der Waals surface area (Å²) in [6.45, 7) is 2.01. The molecule has 0 saturated heterocycles. The molecule has 1 aromatic carbocycles. The Morgan fingerprint density at radius 3 is 2.75 bits per heavy atom. The Labute approximate surface area is 164 Å². The highest BCUT2D eigenvalue weighted by molar-refractivity contribution is 9.12. The third-order valence-electron chi connectivity index (χ3n) is 5.13. The smallest absolute Gasteiger partial charge is 0.0578 e. The van der Waals surface area contributed by atoms with E-state index in [4.69, 9.17) is 11.6 Å². The number of fused-ring (bicyclic) bond motifs is 2. The Bertz CT molecular complexity index is 767. The molecule has 0 radical (unpaired) electrons. The van der Waals surface area contributed by atoms with E-state index < -0.39 is 0 Å². The molecule has 3 aliphatic rings. The van der Waals surface area contributed by atoms with Crippen molar-refractivity contribution in [1.29, 1.82) is 0 Å². The minimum absolute atomic E-state index is 0.314. The number of hydrogen-bond acceptors (Lipinski definition) is 2. The summed E-state index contributed by atoms with van der Waals surface area (Å²) in [5.74, 6) is 0.347. The molecule has 1 aliphatic carbocycles. The van der Waals surface area contributed by atoms with Crippen molar-refractivity contribution in [2.45, 2.75) is 31.2 Å². The van der Waals surface area contributed by atoms with E-state index in [1.165, 1.54) is 22.3 Å². The average molecular weight is 471 g/mol. The number of rotatable bonds is 1. The van der Waals surface area contributed by atoms with Crippen molar-refractivity contribution in [3.8, 4) is 0 Å². The molecule has 0 saturated carbocycles. The molecule has 0 spiro atoms. The molecule has 2 atom stereocenters. The van der Waals surface area contributed by atoms with Gasteiger partial charge in [0.25, 0.3) is 0 Å².